The average Bonchev–Trinajstić information content (AvgIpc) is 2.76. The molecule has 0 N–H and O–H groups in total. The van der Waals surface area contributed by atoms with Gasteiger partial charge in [0.1, 0.15) is 12.6 Å². The van der Waals surface area contributed by atoms with Crippen LogP contribution in [0.25, 0.3) is 0 Å². The number of carbonyl (C=O) groups is 2. The largest absolute Gasteiger partial charge is 0.484 e. The maximum absolute atomic E-state index is 13.5. The molecule has 2 aliphatic rings. The van der Waals surface area contributed by atoms with Crippen molar-refractivity contribution in [2.45, 2.75) is 6.10 Å². The van der Waals surface area contributed by atoms with Crippen molar-refractivity contribution in [3.05, 3.63) is 30.1 Å². The summed E-state index contributed by atoms with van der Waals surface area (Å²) < 4.78 is 19.0. The Balaban J connectivity index is 1.46. The molecule has 22 heavy (non-hydrogen) atoms. The number of likely N-dealkylation sites (tertiary alicyclic amines) is 1. The van der Waals surface area contributed by atoms with E-state index in [1.807, 2.05) is 0 Å². The normalized spacial score (nSPS) is 18.6. The lowest BCUT2D eigenvalue weighted by Gasteiger charge is -2.39. The Morgan fingerprint density at radius 3 is 2.68 bits per heavy atom. The first-order valence-electron chi connectivity index (χ1n) is 7.23. The summed E-state index contributed by atoms with van der Waals surface area (Å²) in [5.41, 5.74) is 0. The van der Waals surface area contributed by atoms with Crippen LogP contribution in [-0.4, -0.2) is 72.5 Å². The number of likely N-dealkylation sites (N-methyl/N-ethyl adjacent to an activating group) is 1. The molecule has 0 aromatic heterocycles. The van der Waals surface area contributed by atoms with E-state index >= 15 is 0 Å². The van der Waals surface area contributed by atoms with Gasteiger partial charge in [-0.25, -0.2) is 9.18 Å². The van der Waals surface area contributed by atoms with E-state index in [9.17, 15) is 14.0 Å². The molecule has 118 valence electrons. The average molecular weight is 307 g/mol. The first-order chi connectivity index (χ1) is 10.5. The number of nitrogens with zero attached hydrogens (tertiary/aromatic N) is 3. The first kappa shape index (κ1) is 14.6. The summed E-state index contributed by atoms with van der Waals surface area (Å²) in [7, 11) is 1.72. The summed E-state index contributed by atoms with van der Waals surface area (Å²) in [6.45, 7) is 2.15. The van der Waals surface area contributed by atoms with Crippen LogP contribution in [0, 0.1) is 5.82 Å². The molecule has 1 aromatic carbocycles. The van der Waals surface area contributed by atoms with Crippen LogP contribution in [0.15, 0.2) is 24.3 Å². The van der Waals surface area contributed by atoms with Crippen molar-refractivity contribution >= 4 is 11.9 Å². The van der Waals surface area contributed by atoms with Gasteiger partial charge in [-0.3, -0.25) is 4.79 Å². The minimum absolute atomic E-state index is 0.0928. The van der Waals surface area contributed by atoms with Crippen molar-refractivity contribution in [2.24, 2.45) is 0 Å². The highest BCUT2D eigenvalue weighted by Gasteiger charge is 2.35. The van der Waals surface area contributed by atoms with Crippen molar-refractivity contribution in [3.63, 3.8) is 0 Å². The second-order valence-electron chi connectivity index (χ2n) is 5.59. The molecule has 0 unspecified atom stereocenters. The lowest BCUT2D eigenvalue weighted by Crippen LogP contribution is -2.58. The first-order valence-corrected chi connectivity index (χ1v) is 7.23. The summed E-state index contributed by atoms with van der Waals surface area (Å²) in [4.78, 5) is 28.6. The molecule has 0 aliphatic carbocycles. The topological polar surface area (TPSA) is 53.1 Å². The maximum atomic E-state index is 13.5. The molecule has 3 amide bonds. The van der Waals surface area contributed by atoms with E-state index in [-0.39, 0.29) is 30.3 Å². The third kappa shape index (κ3) is 2.84. The molecule has 0 saturated carbocycles. The van der Waals surface area contributed by atoms with E-state index in [2.05, 4.69) is 0 Å². The van der Waals surface area contributed by atoms with Crippen LogP contribution in [0.1, 0.15) is 0 Å². The number of hydrogen-bond acceptors (Lipinski definition) is 3. The van der Waals surface area contributed by atoms with Crippen LogP contribution < -0.4 is 4.74 Å². The zero-order valence-electron chi connectivity index (χ0n) is 12.4. The van der Waals surface area contributed by atoms with E-state index < -0.39 is 5.82 Å². The number of ether oxygens (including phenoxy) is 1. The van der Waals surface area contributed by atoms with Gasteiger partial charge in [-0.1, -0.05) is 12.1 Å². The second-order valence-corrected chi connectivity index (χ2v) is 5.59. The van der Waals surface area contributed by atoms with Gasteiger partial charge in [0, 0.05) is 20.1 Å². The fraction of sp³-hybridized carbons (Fsp3) is 0.467. The summed E-state index contributed by atoms with van der Waals surface area (Å²) in [6, 6.07) is 6.09. The molecule has 7 heteroatoms. The maximum Gasteiger partial charge on any atom is 0.320 e. The molecule has 0 bridgehead atoms. The molecular formula is C15H18FN3O3. The van der Waals surface area contributed by atoms with Crippen LogP contribution in [0.2, 0.25) is 0 Å². The number of hydrogen-bond donors (Lipinski definition) is 0. The molecule has 0 spiro atoms. The molecular weight excluding hydrogens is 289 g/mol. The number of carbonyl (C=O) groups excluding carboxylic acids is 2. The number of amides is 3. The highest BCUT2D eigenvalue weighted by molar-refractivity contribution is 5.85. The van der Waals surface area contributed by atoms with Gasteiger partial charge in [-0.2, -0.15) is 0 Å². The van der Waals surface area contributed by atoms with Crippen molar-refractivity contribution in [2.75, 3.05) is 39.8 Å². The van der Waals surface area contributed by atoms with E-state index in [4.69, 9.17) is 4.74 Å². The van der Waals surface area contributed by atoms with Crippen LogP contribution in [0.5, 0.6) is 5.75 Å². The lowest BCUT2D eigenvalue weighted by atomic mass is 10.1. The Bertz CT molecular complexity index is 589. The highest BCUT2D eigenvalue weighted by atomic mass is 19.1. The van der Waals surface area contributed by atoms with Crippen LogP contribution in [0.3, 0.4) is 0 Å². The lowest BCUT2D eigenvalue weighted by molar-refractivity contribution is -0.140. The van der Waals surface area contributed by atoms with Gasteiger partial charge in [-0.15, -0.1) is 0 Å². The molecule has 1 aromatic rings. The minimum Gasteiger partial charge on any atom is -0.484 e. The molecule has 0 atom stereocenters. The van der Waals surface area contributed by atoms with Gasteiger partial charge in [0.15, 0.2) is 11.6 Å². The Labute approximate surface area is 128 Å². The third-order valence-corrected chi connectivity index (χ3v) is 3.96. The predicted molar refractivity (Wildman–Crippen MR) is 77.0 cm³/mol. The molecule has 3 rings (SSSR count). The Morgan fingerprint density at radius 1 is 1.32 bits per heavy atom. The van der Waals surface area contributed by atoms with Crippen molar-refractivity contribution < 1.29 is 18.7 Å². The van der Waals surface area contributed by atoms with Gasteiger partial charge in [0.2, 0.25) is 5.91 Å². The SMILES string of the molecule is CN1CCN(CC(=O)N2CC(Oc3ccccc3F)C2)C1=O. The highest BCUT2D eigenvalue weighted by Crippen LogP contribution is 2.21. The number of rotatable bonds is 4. The van der Waals surface area contributed by atoms with E-state index in [1.165, 1.54) is 11.0 Å². The van der Waals surface area contributed by atoms with Gasteiger partial charge in [0.05, 0.1) is 13.1 Å². The summed E-state index contributed by atoms with van der Waals surface area (Å²) in [6.07, 6.45) is -0.196. The summed E-state index contributed by atoms with van der Waals surface area (Å²) in [5.74, 6) is -0.300. The van der Waals surface area contributed by atoms with Crippen LogP contribution >= 0.6 is 0 Å². The van der Waals surface area contributed by atoms with Crippen LogP contribution in [-0.2, 0) is 4.79 Å². The van der Waals surface area contributed by atoms with Gasteiger partial charge in [0.25, 0.3) is 0 Å². The smallest absolute Gasteiger partial charge is 0.320 e. The number of para-hydroxylation sites is 1. The van der Waals surface area contributed by atoms with Gasteiger partial charge >= 0.3 is 6.03 Å². The van der Waals surface area contributed by atoms with Crippen molar-refractivity contribution in [1.29, 1.82) is 0 Å². The number of urea groups is 1. The van der Waals surface area contributed by atoms with Crippen LogP contribution in [0.4, 0.5) is 9.18 Å². The number of benzene rings is 1. The molecule has 6 nitrogen and oxygen atoms in total. The molecule has 2 heterocycles. The van der Waals surface area contributed by atoms with Gasteiger partial charge < -0.3 is 19.4 Å². The van der Waals surface area contributed by atoms with E-state index in [0.29, 0.717) is 26.2 Å². The fourth-order valence-corrected chi connectivity index (χ4v) is 2.55. The Hall–Kier alpha value is -2.31. The molecule has 2 aliphatic heterocycles. The monoisotopic (exact) mass is 307 g/mol. The minimum atomic E-state index is -0.405. The fourth-order valence-electron chi connectivity index (χ4n) is 2.55. The third-order valence-electron chi connectivity index (χ3n) is 3.96. The Morgan fingerprint density at radius 2 is 2.05 bits per heavy atom. The molecule has 0 radical (unpaired) electrons. The predicted octanol–water partition coefficient (Wildman–Crippen LogP) is 0.783. The van der Waals surface area contributed by atoms with E-state index in [0.717, 1.165) is 0 Å². The van der Waals surface area contributed by atoms with Crippen molar-refractivity contribution in [3.8, 4) is 5.75 Å². The van der Waals surface area contributed by atoms with E-state index in [1.54, 1.807) is 35.0 Å². The Kier molecular flexibility index (Phi) is 3.87. The standard InChI is InChI=1S/C15H18FN3O3/c1-17-6-7-18(15(17)21)10-14(20)19-8-11(9-19)22-13-5-3-2-4-12(13)16/h2-5,11H,6-10H2,1H3. The zero-order chi connectivity index (χ0) is 15.7. The molecule has 2 saturated heterocycles. The van der Waals surface area contributed by atoms with Gasteiger partial charge in [-0.05, 0) is 12.1 Å². The zero-order valence-corrected chi connectivity index (χ0v) is 12.4. The quantitative estimate of drug-likeness (QED) is 0.826. The number of halogens is 1. The second kappa shape index (κ2) is 5.82. The molecule has 2 fully saturated rings. The van der Waals surface area contributed by atoms with Crippen molar-refractivity contribution in [1.82, 2.24) is 14.7 Å². The summed E-state index contributed by atoms with van der Waals surface area (Å²) in [5, 5.41) is 0. The summed E-state index contributed by atoms with van der Waals surface area (Å²) >= 11 is 0.